The highest BCUT2D eigenvalue weighted by molar-refractivity contribution is 5.94. The maximum Gasteiger partial charge on any atom is 0.226 e. The molecule has 0 saturated heterocycles. The lowest BCUT2D eigenvalue weighted by molar-refractivity contribution is -0.117. The molecule has 0 aromatic heterocycles. The SMILES string of the molecule is CCc1ccc(N(CCC(=O)Nc2ccc(C#N)cc2)C(C)=O)cc1. The van der Waals surface area contributed by atoms with Crippen LogP contribution in [0.25, 0.3) is 0 Å². The number of hydrogen-bond donors (Lipinski definition) is 1. The van der Waals surface area contributed by atoms with Gasteiger partial charge in [-0.2, -0.15) is 5.26 Å². The van der Waals surface area contributed by atoms with Crippen molar-refractivity contribution in [2.24, 2.45) is 0 Å². The summed E-state index contributed by atoms with van der Waals surface area (Å²) in [6.45, 7) is 3.88. The summed E-state index contributed by atoms with van der Waals surface area (Å²) < 4.78 is 0. The number of carbonyl (C=O) groups is 2. The standard InChI is InChI=1S/C20H21N3O2/c1-3-16-6-10-19(11-7-16)23(15(2)24)13-12-20(25)22-18-8-4-17(14-21)5-9-18/h4-11H,3,12-13H2,1-2H3,(H,22,25). The molecule has 2 aromatic carbocycles. The van der Waals surface area contributed by atoms with Gasteiger partial charge in [-0.1, -0.05) is 19.1 Å². The molecule has 0 aliphatic heterocycles. The van der Waals surface area contributed by atoms with Gasteiger partial charge in [0, 0.05) is 31.3 Å². The number of benzene rings is 2. The molecular weight excluding hydrogens is 314 g/mol. The molecule has 5 heteroatoms. The Hall–Kier alpha value is -3.13. The quantitative estimate of drug-likeness (QED) is 0.878. The largest absolute Gasteiger partial charge is 0.326 e. The minimum Gasteiger partial charge on any atom is -0.326 e. The zero-order valence-electron chi connectivity index (χ0n) is 14.5. The van der Waals surface area contributed by atoms with Crippen LogP contribution in [0.15, 0.2) is 48.5 Å². The fraction of sp³-hybridized carbons (Fsp3) is 0.250. The first kappa shape index (κ1) is 18.2. The number of anilines is 2. The average Bonchev–Trinajstić information content (AvgIpc) is 2.62. The van der Waals surface area contributed by atoms with Crippen molar-refractivity contribution in [2.45, 2.75) is 26.7 Å². The zero-order valence-corrected chi connectivity index (χ0v) is 14.5. The number of nitriles is 1. The molecule has 2 aromatic rings. The highest BCUT2D eigenvalue weighted by Crippen LogP contribution is 2.17. The summed E-state index contributed by atoms with van der Waals surface area (Å²) in [7, 11) is 0. The van der Waals surface area contributed by atoms with Gasteiger partial charge in [0.15, 0.2) is 0 Å². The lowest BCUT2D eigenvalue weighted by Crippen LogP contribution is -2.31. The predicted molar refractivity (Wildman–Crippen MR) is 98.3 cm³/mol. The summed E-state index contributed by atoms with van der Waals surface area (Å²) in [5, 5.41) is 11.5. The molecule has 25 heavy (non-hydrogen) atoms. The summed E-state index contributed by atoms with van der Waals surface area (Å²) in [5.74, 6) is -0.281. The highest BCUT2D eigenvalue weighted by Gasteiger charge is 2.13. The van der Waals surface area contributed by atoms with E-state index in [1.807, 2.05) is 30.3 Å². The Bertz CT molecular complexity index is 774. The smallest absolute Gasteiger partial charge is 0.226 e. The van der Waals surface area contributed by atoms with Crippen LogP contribution in [-0.4, -0.2) is 18.4 Å². The van der Waals surface area contributed by atoms with Crippen LogP contribution in [0.5, 0.6) is 0 Å². The van der Waals surface area contributed by atoms with Gasteiger partial charge in [0.05, 0.1) is 11.6 Å². The van der Waals surface area contributed by atoms with Crippen molar-refractivity contribution >= 4 is 23.2 Å². The third-order valence-electron chi connectivity index (χ3n) is 3.90. The van der Waals surface area contributed by atoms with E-state index < -0.39 is 0 Å². The molecule has 0 aliphatic rings. The van der Waals surface area contributed by atoms with E-state index in [0.29, 0.717) is 17.8 Å². The van der Waals surface area contributed by atoms with Crippen LogP contribution in [0.1, 0.15) is 31.4 Å². The lowest BCUT2D eigenvalue weighted by atomic mass is 10.1. The van der Waals surface area contributed by atoms with E-state index in [1.165, 1.54) is 12.5 Å². The van der Waals surface area contributed by atoms with E-state index in [4.69, 9.17) is 5.26 Å². The van der Waals surface area contributed by atoms with Crippen molar-refractivity contribution in [3.05, 3.63) is 59.7 Å². The molecule has 0 fully saturated rings. The number of carbonyl (C=O) groups excluding carboxylic acids is 2. The average molecular weight is 335 g/mol. The lowest BCUT2D eigenvalue weighted by Gasteiger charge is -2.21. The molecule has 0 saturated carbocycles. The van der Waals surface area contributed by atoms with Crippen molar-refractivity contribution in [3.63, 3.8) is 0 Å². The molecule has 128 valence electrons. The fourth-order valence-electron chi connectivity index (χ4n) is 2.44. The van der Waals surface area contributed by atoms with E-state index in [9.17, 15) is 9.59 Å². The zero-order chi connectivity index (χ0) is 18.2. The molecule has 2 amide bonds. The summed E-state index contributed by atoms with van der Waals surface area (Å²) >= 11 is 0. The van der Waals surface area contributed by atoms with Gasteiger partial charge in [-0.3, -0.25) is 9.59 Å². The second-order valence-corrected chi connectivity index (χ2v) is 5.68. The molecule has 0 unspecified atom stereocenters. The molecule has 0 heterocycles. The Morgan fingerprint density at radius 2 is 1.72 bits per heavy atom. The molecule has 0 atom stereocenters. The predicted octanol–water partition coefficient (Wildman–Crippen LogP) is 3.50. The van der Waals surface area contributed by atoms with Gasteiger partial charge < -0.3 is 10.2 Å². The number of hydrogen-bond acceptors (Lipinski definition) is 3. The normalized spacial score (nSPS) is 9.96. The van der Waals surface area contributed by atoms with Crippen molar-refractivity contribution in [1.29, 1.82) is 5.26 Å². The van der Waals surface area contributed by atoms with Gasteiger partial charge in [0.25, 0.3) is 0 Å². The first-order valence-electron chi connectivity index (χ1n) is 8.20. The van der Waals surface area contributed by atoms with Gasteiger partial charge in [-0.15, -0.1) is 0 Å². The maximum atomic E-state index is 12.1. The maximum absolute atomic E-state index is 12.1. The Kier molecular flexibility index (Phi) is 6.30. The summed E-state index contributed by atoms with van der Waals surface area (Å²) in [4.78, 5) is 25.6. The monoisotopic (exact) mass is 335 g/mol. The second-order valence-electron chi connectivity index (χ2n) is 5.68. The van der Waals surface area contributed by atoms with Crippen LogP contribution in [0.2, 0.25) is 0 Å². The second kappa shape index (κ2) is 8.65. The minimum atomic E-state index is -0.180. The third-order valence-corrected chi connectivity index (χ3v) is 3.90. The summed E-state index contributed by atoms with van der Waals surface area (Å²) in [5.41, 5.74) is 3.16. The highest BCUT2D eigenvalue weighted by atomic mass is 16.2. The fourth-order valence-corrected chi connectivity index (χ4v) is 2.44. The van der Waals surface area contributed by atoms with Crippen LogP contribution in [0.4, 0.5) is 11.4 Å². The molecule has 5 nitrogen and oxygen atoms in total. The van der Waals surface area contributed by atoms with E-state index >= 15 is 0 Å². The number of rotatable bonds is 6. The minimum absolute atomic E-state index is 0.101. The molecule has 0 spiro atoms. The van der Waals surface area contributed by atoms with Crippen molar-refractivity contribution < 1.29 is 9.59 Å². The van der Waals surface area contributed by atoms with Crippen LogP contribution < -0.4 is 10.2 Å². The van der Waals surface area contributed by atoms with Crippen LogP contribution in [0, 0.1) is 11.3 Å². The first-order valence-corrected chi connectivity index (χ1v) is 8.20. The number of nitrogens with one attached hydrogen (secondary N) is 1. The van der Waals surface area contributed by atoms with Crippen LogP contribution >= 0.6 is 0 Å². The third kappa shape index (κ3) is 5.18. The van der Waals surface area contributed by atoms with Crippen molar-refractivity contribution in [1.82, 2.24) is 0 Å². The number of nitrogens with zero attached hydrogens (tertiary/aromatic N) is 2. The molecule has 0 radical (unpaired) electrons. The topological polar surface area (TPSA) is 73.2 Å². The van der Waals surface area contributed by atoms with Gasteiger partial charge in [-0.25, -0.2) is 0 Å². The van der Waals surface area contributed by atoms with Crippen molar-refractivity contribution in [3.8, 4) is 6.07 Å². The van der Waals surface area contributed by atoms with E-state index in [-0.39, 0.29) is 18.2 Å². The molecule has 1 N–H and O–H groups in total. The Morgan fingerprint density at radius 3 is 2.24 bits per heavy atom. The molecular formula is C20H21N3O2. The van der Waals surface area contributed by atoms with E-state index in [2.05, 4.69) is 12.2 Å². The van der Waals surface area contributed by atoms with E-state index in [1.54, 1.807) is 29.2 Å². The van der Waals surface area contributed by atoms with Crippen molar-refractivity contribution in [2.75, 3.05) is 16.8 Å². The van der Waals surface area contributed by atoms with Crippen LogP contribution in [-0.2, 0) is 16.0 Å². The Morgan fingerprint density at radius 1 is 1.08 bits per heavy atom. The van der Waals surface area contributed by atoms with Crippen LogP contribution in [0.3, 0.4) is 0 Å². The first-order chi connectivity index (χ1) is 12.0. The van der Waals surface area contributed by atoms with E-state index in [0.717, 1.165) is 12.1 Å². The number of aryl methyl sites for hydroxylation is 1. The van der Waals surface area contributed by atoms with Gasteiger partial charge in [0.1, 0.15) is 0 Å². The Labute approximate surface area is 147 Å². The molecule has 0 bridgehead atoms. The molecule has 2 rings (SSSR count). The summed E-state index contributed by atoms with van der Waals surface area (Å²) in [6, 6.07) is 16.5. The summed E-state index contributed by atoms with van der Waals surface area (Å²) in [6.07, 6.45) is 1.13. The van der Waals surface area contributed by atoms with Gasteiger partial charge in [0.2, 0.25) is 11.8 Å². The van der Waals surface area contributed by atoms with Gasteiger partial charge in [-0.05, 0) is 48.4 Å². The Balaban J connectivity index is 1.96. The van der Waals surface area contributed by atoms with Gasteiger partial charge >= 0.3 is 0 Å². The molecule has 0 aliphatic carbocycles. The number of amides is 2.